The van der Waals surface area contributed by atoms with Crippen molar-refractivity contribution in [3.63, 3.8) is 0 Å². The Bertz CT molecular complexity index is 2530. The number of hydrogen-bond donors (Lipinski definition) is 4. The second-order valence-electron chi connectivity index (χ2n) is 16.5. The van der Waals surface area contributed by atoms with Crippen molar-refractivity contribution in [1.82, 2.24) is 40.1 Å². The van der Waals surface area contributed by atoms with Crippen LogP contribution in [0.3, 0.4) is 0 Å². The number of aromatic nitrogens is 6. The first kappa shape index (κ1) is 43.8. The number of carbonyl (C=O) groups is 2. The van der Waals surface area contributed by atoms with E-state index in [9.17, 15) is 9.59 Å². The molecule has 4 aromatic heterocycles. The van der Waals surface area contributed by atoms with Gasteiger partial charge < -0.3 is 25.3 Å². The van der Waals surface area contributed by atoms with Crippen molar-refractivity contribution in [2.24, 2.45) is 11.8 Å². The van der Waals surface area contributed by atoms with Crippen molar-refractivity contribution in [2.45, 2.75) is 63.2 Å². The summed E-state index contributed by atoms with van der Waals surface area (Å²) in [5, 5.41) is 13.3. The van der Waals surface area contributed by atoms with Gasteiger partial charge in [0.15, 0.2) is 0 Å². The molecule has 4 aliphatic rings. The summed E-state index contributed by atoms with van der Waals surface area (Å²) in [5.41, 5.74) is 12.3. The number of aromatic amines is 2. The molecule has 63 heavy (non-hydrogen) atoms. The summed E-state index contributed by atoms with van der Waals surface area (Å²) < 4.78 is 0. The summed E-state index contributed by atoms with van der Waals surface area (Å²) in [6.07, 6.45) is 24.6. The maximum atomic E-state index is 12.6. The summed E-state index contributed by atoms with van der Waals surface area (Å²) >= 11 is 12.6. The molecule has 0 saturated carbocycles. The number of aliphatic carboxylic acids is 1. The number of rotatable bonds is 6. The zero-order valence-corrected chi connectivity index (χ0v) is 36.6. The Hall–Kier alpha value is -5.88. The first-order valence-electron chi connectivity index (χ1n) is 21.8. The van der Waals surface area contributed by atoms with Gasteiger partial charge in [0.1, 0.15) is 0 Å². The van der Waals surface area contributed by atoms with Gasteiger partial charge in [0, 0.05) is 59.5 Å². The predicted octanol–water partition coefficient (Wildman–Crippen LogP) is 9.11. The van der Waals surface area contributed by atoms with E-state index in [-0.39, 0.29) is 11.8 Å². The number of pyridine rings is 2. The molecule has 2 fully saturated rings. The number of carbonyl (C=O) groups excluding carboxylic acids is 1. The highest BCUT2D eigenvalue weighted by Crippen LogP contribution is 2.44. The number of carboxylic acids is 1. The van der Waals surface area contributed by atoms with E-state index in [1.54, 1.807) is 30.9 Å². The fraction of sp³-hybridized carbons (Fsp3) is 0.320. The lowest BCUT2D eigenvalue weighted by atomic mass is 9.76. The monoisotopic (exact) mass is 882 g/mol. The highest BCUT2D eigenvalue weighted by molar-refractivity contribution is 6.31. The molecule has 2 aromatic carbocycles. The minimum absolute atomic E-state index is 0.0552. The fourth-order valence-corrected chi connectivity index (χ4v) is 10.0. The molecule has 2 unspecified atom stereocenters. The summed E-state index contributed by atoms with van der Waals surface area (Å²) in [6.45, 7) is 3.76. The van der Waals surface area contributed by atoms with Gasteiger partial charge in [-0.1, -0.05) is 47.5 Å². The van der Waals surface area contributed by atoms with E-state index in [1.165, 1.54) is 70.0 Å². The van der Waals surface area contributed by atoms with E-state index in [1.807, 2.05) is 35.5 Å². The number of halogens is 2. The largest absolute Gasteiger partial charge is 0.478 e. The van der Waals surface area contributed by atoms with Gasteiger partial charge in [-0.3, -0.25) is 14.8 Å². The number of nitrogens with one attached hydrogen (secondary N) is 3. The average Bonchev–Trinajstić information content (AvgIpc) is 3.99. The fourth-order valence-electron chi connectivity index (χ4n) is 9.63. The van der Waals surface area contributed by atoms with Gasteiger partial charge in [-0.15, -0.1) is 0 Å². The van der Waals surface area contributed by atoms with Gasteiger partial charge in [-0.05, 0) is 158 Å². The normalized spacial score (nSPS) is 18.7. The zero-order chi connectivity index (χ0) is 43.5. The zero-order valence-electron chi connectivity index (χ0n) is 35.1. The molecular weight excluding hydrogens is 832 g/mol. The molecule has 6 aromatic rings. The second kappa shape index (κ2) is 21.0. The van der Waals surface area contributed by atoms with Gasteiger partial charge in [0.05, 0.1) is 47.8 Å². The number of benzene rings is 2. The standard InChI is InChI=1S/C25H25ClN4O.C19H21ClN2.C6H6N2O2/c26-20-5-7-22-19(14-20)4-3-18-2-1-11-28-25(18)24(22)17-9-12-30(13-10-17)23(31)8-6-21-15-27-16-29-21;20-16-5-6-17-15(12-16)4-3-14-2-1-9-22-19(14)18(17)13-7-10-21-11-8-13;9-6(10)2-1-5-3-7-4-8-5/h1-2,5-8,11,14-17,24H,3-4,9-10,12-13H2,(H,27,29);1-2,5-6,9,12-13,18,21H,3-4,7-8,10-11H2;1-4H,(H,7,8)(H,9,10)/b8-6+;;2-1+. The Morgan fingerprint density at radius 2 is 1.14 bits per heavy atom. The van der Waals surface area contributed by atoms with E-state index < -0.39 is 5.97 Å². The van der Waals surface area contributed by atoms with E-state index in [0.29, 0.717) is 23.4 Å². The summed E-state index contributed by atoms with van der Waals surface area (Å²) in [4.78, 5) is 47.6. The second-order valence-corrected chi connectivity index (χ2v) is 17.4. The van der Waals surface area contributed by atoms with Gasteiger partial charge in [-0.25, -0.2) is 14.8 Å². The molecule has 4 N–H and O–H groups in total. The molecule has 2 saturated heterocycles. The third-order valence-corrected chi connectivity index (χ3v) is 13.1. The molecule has 2 atom stereocenters. The van der Waals surface area contributed by atoms with E-state index in [4.69, 9.17) is 38.3 Å². The van der Waals surface area contributed by atoms with Crippen LogP contribution in [0.25, 0.3) is 12.2 Å². The van der Waals surface area contributed by atoms with Gasteiger partial charge >= 0.3 is 5.97 Å². The number of amides is 1. The predicted molar refractivity (Wildman–Crippen MR) is 248 cm³/mol. The first-order chi connectivity index (χ1) is 30.8. The number of nitrogens with zero attached hydrogens (tertiary/aromatic N) is 5. The van der Waals surface area contributed by atoms with Crippen LogP contribution in [0.5, 0.6) is 0 Å². The lowest BCUT2D eigenvalue weighted by Gasteiger charge is -2.36. The number of likely N-dealkylation sites (tertiary alicyclic amines) is 1. The van der Waals surface area contributed by atoms with Crippen molar-refractivity contribution in [3.05, 3.63) is 176 Å². The molecule has 0 bridgehead atoms. The number of imidazole rings is 2. The molecule has 324 valence electrons. The topological polar surface area (TPSA) is 153 Å². The van der Waals surface area contributed by atoms with Gasteiger partial charge in [-0.2, -0.15) is 0 Å². The van der Waals surface area contributed by atoms with E-state index >= 15 is 0 Å². The van der Waals surface area contributed by atoms with Crippen molar-refractivity contribution in [3.8, 4) is 0 Å². The molecule has 13 heteroatoms. The molecule has 0 spiro atoms. The summed E-state index contributed by atoms with van der Waals surface area (Å²) in [5.74, 6) is 0.895. The maximum absolute atomic E-state index is 12.6. The van der Waals surface area contributed by atoms with E-state index in [0.717, 1.165) is 86.5 Å². The third-order valence-electron chi connectivity index (χ3n) is 12.7. The molecule has 2 aliphatic heterocycles. The Balaban J connectivity index is 0.000000147. The molecule has 2 aliphatic carbocycles. The molecule has 1 amide bonds. The lowest BCUT2D eigenvalue weighted by molar-refractivity contribution is -0.131. The molecule has 0 radical (unpaired) electrons. The van der Waals surface area contributed by atoms with Gasteiger partial charge in [0.25, 0.3) is 0 Å². The van der Waals surface area contributed by atoms with Crippen LogP contribution in [0.15, 0.2) is 110 Å². The summed E-state index contributed by atoms with van der Waals surface area (Å²) in [6, 6.07) is 21.3. The highest BCUT2D eigenvalue weighted by atomic mass is 35.5. The van der Waals surface area contributed by atoms with Crippen LogP contribution in [0.1, 0.15) is 93.7 Å². The number of aryl methyl sites for hydroxylation is 4. The van der Waals surface area contributed by atoms with E-state index in [2.05, 4.69) is 67.7 Å². The lowest BCUT2D eigenvalue weighted by Crippen LogP contribution is -2.39. The Labute approximate surface area is 378 Å². The Kier molecular flexibility index (Phi) is 14.6. The minimum atomic E-state index is -0.963. The van der Waals surface area contributed by atoms with Crippen LogP contribution in [0, 0.1) is 11.8 Å². The number of hydrogen-bond acceptors (Lipinski definition) is 7. The number of carboxylic acid groups (broad SMARTS) is 1. The molecular formula is C50H52Cl2N8O3. The maximum Gasteiger partial charge on any atom is 0.328 e. The quantitative estimate of drug-likeness (QED) is 0.121. The van der Waals surface area contributed by atoms with Crippen molar-refractivity contribution >= 4 is 47.2 Å². The summed E-state index contributed by atoms with van der Waals surface area (Å²) in [7, 11) is 0. The van der Waals surface area contributed by atoms with Gasteiger partial charge in [0.2, 0.25) is 5.91 Å². The van der Waals surface area contributed by atoms with Crippen LogP contribution < -0.4 is 5.32 Å². The SMILES string of the molecule is Clc1ccc2c(c1)CCc1cccnc1C2C1CCNCC1.O=C(/C=C/c1cnc[nH]1)N1CCC(C2c3ccc(Cl)cc3CCc3cccnc32)CC1.O=C(O)/C=C/c1cnc[nH]1. The highest BCUT2D eigenvalue weighted by Gasteiger charge is 2.35. The van der Waals surface area contributed by atoms with Crippen LogP contribution in [0.4, 0.5) is 0 Å². The Morgan fingerprint density at radius 1 is 0.651 bits per heavy atom. The first-order valence-corrected chi connectivity index (χ1v) is 22.6. The molecule has 6 heterocycles. The third kappa shape index (κ3) is 11.0. The minimum Gasteiger partial charge on any atom is -0.478 e. The van der Waals surface area contributed by atoms with Crippen molar-refractivity contribution in [2.75, 3.05) is 26.2 Å². The Morgan fingerprint density at radius 3 is 1.63 bits per heavy atom. The van der Waals surface area contributed by atoms with Crippen LogP contribution in [0.2, 0.25) is 10.0 Å². The van der Waals surface area contributed by atoms with Crippen LogP contribution in [-0.2, 0) is 35.3 Å². The molecule has 10 rings (SSSR count). The smallest absolute Gasteiger partial charge is 0.328 e. The van der Waals surface area contributed by atoms with Crippen LogP contribution >= 0.6 is 23.2 Å². The van der Waals surface area contributed by atoms with Crippen molar-refractivity contribution < 1.29 is 14.7 Å². The number of fused-ring (bicyclic) bond motifs is 4. The van der Waals surface area contributed by atoms with Crippen molar-refractivity contribution in [1.29, 1.82) is 0 Å². The average molecular weight is 884 g/mol. The molecule has 11 nitrogen and oxygen atoms in total. The van der Waals surface area contributed by atoms with Crippen LogP contribution in [-0.4, -0.2) is 78.0 Å². The number of H-pyrrole nitrogens is 2. The number of piperidine rings is 2.